The van der Waals surface area contributed by atoms with Crippen LogP contribution in [0.2, 0.25) is 0 Å². The molecule has 0 saturated carbocycles. The molecule has 24 heavy (non-hydrogen) atoms. The second-order valence-corrected chi connectivity index (χ2v) is 6.50. The Balaban J connectivity index is 1.96. The van der Waals surface area contributed by atoms with Crippen molar-refractivity contribution in [3.05, 3.63) is 29.8 Å². The van der Waals surface area contributed by atoms with Gasteiger partial charge in [0.2, 0.25) is 5.91 Å². The first-order chi connectivity index (χ1) is 11.5. The summed E-state index contributed by atoms with van der Waals surface area (Å²) in [7, 11) is 0. The Morgan fingerprint density at radius 1 is 1.04 bits per heavy atom. The molecule has 132 valence electrons. The lowest BCUT2D eigenvalue weighted by Crippen LogP contribution is -2.38. The highest BCUT2D eigenvalue weighted by Gasteiger charge is 2.23. The Kier molecular flexibility index (Phi) is 6.64. The molecule has 0 spiro atoms. The van der Waals surface area contributed by atoms with E-state index in [4.69, 9.17) is 4.74 Å². The molecule has 1 fully saturated rings. The Morgan fingerprint density at radius 2 is 1.67 bits per heavy atom. The molecular formula is C19H28N2O3. The first-order valence-electron chi connectivity index (χ1n) is 8.84. The minimum Gasteiger partial charge on any atom is -0.494 e. The maximum atomic E-state index is 12.7. The molecule has 0 unspecified atom stereocenters. The highest BCUT2D eigenvalue weighted by molar-refractivity contribution is 5.94. The van der Waals surface area contributed by atoms with Crippen LogP contribution in [0.15, 0.2) is 24.3 Å². The summed E-state index contributed by atoms with van der Waals surface area (Å²) in [5, 5.41) is 0. The van der Waals surface area contributed by atoms with E-state index in [2.05, 4.69) is 6.92 Å². The van der Waals surface area contributed by atoms with E-state index >= 15 is 0 Å². The molecule has 1 aromatic rings. The van der Waals surface area contributed by atoms with E-state index < -0.39 is 0 Å². The van der Waals surface area contributed by atoms with Gasteiger partial charge in [-0.15, -0.1) is 0 Å². The van der Waals surface area contributed by atoms with Crippen LogP contribution in [-0.2, 0) is 4.79 Å². The van der Waals surface area contributed by atoms with Crippen molar-refractivity contribution in [2.75, 3.05) is 32.8 Å². The molecule has 0 atom stereocenters. The van der Waals surface area contributed by atoms with Gasteiger partial charge in [0.25, 0.3) is 5.91 Å². The SMILES string of the molecule is CCCOc1ccc(C(=O)N2CCCN(C(=O)C(C)C)CC2)cc1. The molecule has 5 heteroatoms. The molecule has 1 aliphatic rings. The number of carbonyl (C=O) groups excluding carboxylic acids is 2. The lowest BCUT2D eigenvalue weighted by atomic mass is 10.2. The van der Waals surface area contributed by atoms with Gasteiger partial charge in [-0.1, -0.05) is 20.8 Å². The topological polar surface area (TPSA) is 49.9 Å². The van der Waals surface area contributed by atoms with E-state index in [1.54, 1.807) is 0 Å². The molecular weight excluding hydrogens is 304 g/mol. The van der Waals surface area contributed by atoms with Crippen LogP contribution in [0.4, 0.5) is 0 Å². The first-order valence-corrected chi connectivity index (χ1v) is 8.84. The summed E-state index contributed by atoms with van der Waals surface area (Å²) < 4.78 is 5.55. The third kappa shape index (κ3) is 4.73. The highest BCUT2D eigenvalue weighted by atomic mass is 16.5. The van der Waals surface area contributed by atoms with Gasteiger partial charge in [0.15, 0.2) is 0 Å². The van der Waals surface area contributed by atoms with Gasteiger partial charge in [0.1, 0.15) is 5.75 Å². The number of ether oxygens (including phenoxy) is 1. The van der Waals surface area contributed by atoms with E-state index in [1.807, 2.05) is 47.9 Å². The van der Waals surface area contributed by atoms with E-state index in [-0.39, 0.29) is 17.7 Å². The van der Waals surface area contributed by atoms with Crippen LogP contribution in [0, 0.1) is 5.92 Å². The summed E-state index contributed by atoms with van der Waals surface area (Å²) in [6, 6.07) is 7.31. The number of nitrogens with zero attached hydrogens (tertiary/aromatic N) is 2. The Hall–Kier alpha value is -2.04. The van der Waals surface area contributed by atoms with Crippen LogP contribution < -0.4 is 4.74 Å². The van der Waals surface area contributed by atoms with Crippen molar-refractivity contribution in [3.63, 3.8) is 0 Å². The zero-order chi connectivity index (χ0) is 17.5. The van der Waals surface area contributed by atoms with E-state index in [1.165, 1.54) is 0 Å². The third-order valence-electron chi connectivity index (χ3n) is 4.16. The second-order valence-electron chi connectivity index (χ2n) is 6.50. The standard InChI is InChI=1S/C19H28N2O3/c1-4-14-24-17-8-6-16(7-9-17)19(23)21-11-5-10-20(12-13-21)18(22)15(2)3/h6-9,15H,4-5,10-14H2,1-3H3. The molecule has 2 amide bonds. The summed E-state index contributed by atoms with van der Waals surface area (Å²) in [6.07, 6.45) is 1.78. The second kappa shape index (κ2) is 8.71. The van der Waals surface area contributed by atoms with Crippen molar-refractivity contribution < 1.29 is 14.3 Å². The maximum absolute atomic E-state index is 12.7. The summed E-state index contributed by atoms with van der Waals surface area (Å²) in [5.74, 6) is 0.985. The number of hydrogen-bond acceptors (Lipinski definition) is 3. The van der Waals surface area contributed by atoms with Crippen molar-refractivity contribution in [1.82, 2.24) is 9.80 Å². The highest BCUT2D eigenvalue weighted by Crippen LogP contribution is 2.16. The molecule has 0 N–H and O–H groups in total. The van der Waals surface area contributed by atoms with Crippen molar-refractivity contribution in [2.45, 2.75) is 33.6 Å². The molecule has 2 rings (SSSR count). The van der Waals surface area contributed by atoms with Crippen LogP contribution in [0.3, 0.4) is 0 Å². The molecule has 0 aliphatic carbocycles. The average Bonchev–Trinajstić information content (AvgIpc) is 2.85. The Bertz CT molecular complexity index is 554. The van der Waals surface area contributed by atoms with Gasteiger partial charge in [0.05, 0.1) is 6.61 Å². The molecule has 5 nitrogen and oxygen atoms in total. The van der Waals surface area contributed by atoms with E-state index in [0.29, 0.717) is 31.8 Å². The van der Waals surface area contributed by atoms with Crippen LogP contribution in [0.1, 0.15) is 44.0 Å². The van der Waals surface area contributed by atoms with Gasteiger partial charge in [0, 0.05) is 37.7 Å². The fraction of sp³-hybridized carbons (Fsp3) is 0.579. The molecule has 0 radical (unpaired) electrons. The average molecular weight is 332 g/mol. The van der Waals surface area contributed by atoms with E-state index in [0.717, 1.165) is 25.1 Å². The molecule has 1 aromatic carbocycles. The number of hydrogen-bond donors (Lipinski definition) is 0. The van der Waals surface area contributed by atoms with Crippen LogP contribution in [0.25, 0.3) is 0 Å². The molecule has 0 bridgehead atoms. The minimum absolute atomic E-state index is 0.00270. The van der Waals surface area contributed by atoms with Crippen molar-refractivity contribution in [3.8, 4) is 5.75 Å². The largest absolute Gasteiger partial charge is 0.494 e. The maximum Gasteiger partial charge on any atom is 0.253 e. The predicted molar refractivity (Wildman–Crippen MR) is 94.2 cm³/mol. The normalized spacial score (nSPS) is 15.3. The molecule has 1 heterocycles. The van der Waals surface area contributed by atoms with Crippen molar-refractivity contribution in [1.29, 1.82) is 0 Å². The zero-order valence-electron chi connectivity index (χ0n) is 15.0. The predicted octanol–water partition coefficient (Wildman–Crippen LogP) is 2.81. The van der Waals surface area contributed by atoms with Gasteiger partial charge < -0.3 is 14.5 Å². The van der Waals surface area contributed by atoms with Crippen molar-refractivity contribution >= 4 is 11.8 Å². The van der Waals surface area contributed by atoms with E-state index in [9.17, 15) is 9.59 Å². The number of amides is 2. The number of rotatable bonds is 5. The molecule has 1 saturated heterocycles. The smallest absolute Gasteiger partial charge is 0.253 e. The Morgan fingerprint density at radius 3 is 2.29 bits per heavy atom. The summed E-state index contributed by atoms with van der Waals surface area (Å²) >= 11 is 0. The van der Waals surface area contributed by atoms with Crippen molar-refractivity contribution in [2.24, 2.45) is 5.92 Å². The van der Waals surface area contributed by atoms with Crippen LogP contribution >= 0.6 is 0 Å². The zero-order valence-corrected chi connectivity index (χ0v) is 15.0. The summed E-state index contributed by atoms with van der Waals surface area (Å²) in [4.78, 5) is 28.5. The quantitative estimate of drug-likeness (QED) is 0.833. The molecule has 0 aromatic heterocycles. The monoisotopic (exact) mass is 332 g/mol. The van der Waals surface area contributed by atoms with Gasteiger partial charge in [-0.05, 0) is 37.1 Å². The van der Waals surface area contributed by atoms with Gasteiger partial charge in [-0.3, -0.25) is 9.59 Å². The minimum atomic E-state index is 0.00270. The lowest BCUT2D eigenvalue weighted by molar-refractivity contribution is -0.134. The van der Waals surface area contributed by atoms with Gasteiger partial charge in [-0.25, -0.2) is 0 Å². The lowest BCUT2D eigenvalue weighted by Gasteiger charge is -2.23. The molecule has 1 aliphatic heterocycles. The summed E-state index contributed by atoms with van der Waals surface area (Å²) in [5.41, 5.74) is 0.669. The van der Waals surface area contributed by atoms with Crippen LogP contribution in [0.5, 0.6) is 5.75 Å². The fourth-order valence-electron chi connectivity index (χ4n) is 2.80. The van der Waals surface area contributed by atoms with Crippen LogP contribution in [-0.4, -0.2) is 54.4 Å². The fourth-order valence-corrected chi connectivity index (χ4v) is 2.80. The Labute approximate surface area is 144 Å². The van der Waals surface area contributed by atoms with Gasteiger partial charge >= 0.3 is 0 Å². The first kappa shape index (κ1) is 18.3. The number of carbonyl (C=O) groups is 2. The summed E-state index contributed by atoms with van der Waals surface area (Å²) in [6.45, 7) is 9.19. The third-order valence-corrected chi connectivity index (χ3v) is 4.16. The number of benzene rings is 1. The van der Waals surface area contributed by atoms with Gasteiger partial charge in [-0.2, -0.15) is 0 Å².